The number of oxazole rings is 1. The zero-order chi connectivity index (χ0) is 20.4. The topological polar surface area (TPSA) is 68.0 Å². The van der Waals surface area contributed by atoms with Gasteiger partial charge in [-0.15, -0.1) is 0 Å². The third-order valence-corrected chi connectivity index (χ3v) is 4.23. The summed E-state index contributed by atoms with van der Waals surface area (Å²) >= 11 is 0. The Morgan fingerprint density at radius 3 is 2.39 bits per heavy atom. The molecular formula is C20H18F3N3O2. The van der Waals surface area contributed by atoms with Crippen LogP contribution in [-0.4, -0.2) is 22.4 Å². The first-order valence-electron chi connectivity index (χ1n) is 8.50. The number of carbonyl (C=O) groups is 1. The van der Waals surface area contributed by atoms with Crippen LogP contribution in [0.1, 0.15) is 35.6 Å². The zero-order valence-electron chi connectivity index (χ0n) is 15.2. The molecule has 0 bridgehead atoms. The van der Waals surface area contributed by atoms with Crippen molar-refractivity contribution in [2.24, 2.45) is 0 Å². The quantitative estimate of drug-likeness (QED) is 0.699. The van der Waals surface area contributed by atoms with E-state index in [1.165, 1.54) is 6.26 Å². The molecule has 0 unspecified atom stereocenters. The van der Waals surface area contributed by atoms with E-state index >= 15 is 0 Å². The van der Waals surface area contributed by atoms with Gasteiger partial charge in [-0.1, -0.05) is 32.0 Å². The van der Waals surface area contributed by atoms with Crippen LogP contribution in [-0.2, 0) is 11.6 Å². The van der Waals surface area contributed by atoms with Crippen LogP contribution in [0, 0.1) is 0 Å². The van der Waals surface area contributed by atoms with Gasteiger partial charge in [0.2, 0.25) is 5.89 Å². The highest BCUT2D eigenvalue weighted by Crippen LogP contribution is 2.28. The Labute approximate surface area is 159 Å². The highest BCUT2D eigenvalue weighted by molar-refractivity contribution is 5.93. The number of amides is 1. The molecule has 0 spiro atoms. The van der Waals surface area contributed by atoms with E-state index in [1.807, 2.05) is 44.2 Å². The number of aromatic nitrogens is 2. The summed E-state index contributed by atoms with van der Waals surface area (Å²) in [6.07, 6.45) is -2.09. The molecule has 3 rings (SSSR count). The summed E-state index contributed by atoms with van der Waals surface area (Å²) in [5.41, 5.74) is -0.0538. The fourth-order valence-electron chi connectivity index (χ4n) is 2.49. The monoisotopic (exact) mass is 389 g/mol. The number of hydrogen-bond donors (Lipinski definition) is 1. The lowest BCUT2D eigenvalue weighted by Gasteiger charge is -2.22. The number of hydrogen-bond acceptors (Lipinski definition) is 4. The second kappa shape index (κ2) is 7.46. The van der Waals surface area contributed by atoms with E-state index < -0.39 is 23.2 Å². The molecule has 2 heterocycles. The van der Waals surface area contributed by atoms with E-state index in [2.05, 4.69) is 15.3 Å². The SMILES string of the molecule is CC(C)(CNC(=O)c1ccc(C(F)(F)F)nc1)c1coc(-c2ccccc2)n1. The minimum atomic E-state index is -4.54. The van der Waals surface area contributed by atoms with Crippen LogP contribution in [0.3, 0.4) is 0 Å². The van der Waals surface area contributed by atoms with Gasteiger partial charge >= 0.3 is 6.18 Å². The minimum absolute atomic E-state index is 0.0499. The van der Waals surface area contributed by atoms with Gasteiger partial charge in [0.15, 0.2) is 0 Å². The fraction of sp³-hybridized carbons (Fsp3) is 0.250. The average Bonchev–Trinajstić information content (AvgIpc) is 3.17. The first-order valence-corrected chi connectivity index (χ1v) is 8.50. The van der Waals surface area contributed by atoms with Crippen LogP contribution >= 0.6 is 0 Å². The van der Waals surface area contributed by atoms with Crippen LogP contribution in [0.2, 0.25) is 0 Å². The number of rotatable bonds is 5. The number of nitrogens with one attached hydrogen (secondary N) is 1. The molecule has 3 aromatic rings. The Morgan fingerprint density at radius 2 is 1.79 bits per heavy atom. The molecule has 8 heteroatoms. The van der Waals surface area contributed by atoms with Crippen molar-refractivity contribution >= 4 is 5.91 Å². The van der Waals surface area contributed by atoms with E-state index in [4.69, 9.17) is 4.42 Å². The molecular weight excluding hydrogens is 371 g/mol. The van der Waals surface area contributed by atoms with Crippen molar-refractivity contribution in [2.45, 2.75) is 25.4 Å². The predicted molar refractivity (Wildman–Crippen MR) is 96.5 cm³/mol. The highest BCUT2D eigenvalue weighted by Gasteiger charge is 2.32. The molecule has 0 fully saturated rings. The minimum Gasteiger partial charge on any atom is -0.444 e. The van der Waals surface area contributed by atoms with Crippen LogP contribution in [0.5, 0.6) is 0 Å². The Kier molecular flexibility index (Phi) is 5.22. The van der Waals surface area contributed by atoms with Gasteiger partial charge in [0.05, 0.1) is 11.3 Å². The lowest BCUT2D eigenvalue weighted by molar-refractivity contribution is -0.141. The predicted octanol–water partition coefficient (Wildman–Crippen LogP) is 4.46. The maximum Gasteiger partial charge on any atom is 0.433 e. The number of halogens is 3. The summed E-state index contributed by atoms with van der Waals surface area (Å²) in [6.45, 7) is 3.98. The Morgan fingerprint density at radius 1 is 1.07 bits per heavy atom. The van der Waals surface area contributed by atoms with Crippen molar-refractivity contribution in [3.05, 3.63) is 71.9 Å². The van der Waals surface area contributed by atoms with Crippen LogP contribution < -0.4 is 5.32 Å². The number of carbonyl (C=O) groups excluding carboxylic acids is 1. The van der Waals surface area contributed by atoms with E-state index in [0.717, 1.165) is 23.9 Å². The molecule has 1 amide bonds. The van der Waals surface area contributed by atoms with Crippen LogP contribution in [0.4, 0.5) is 13.2 Å². The van der Waals surface area contributed by atoms with E-state index in [-0.39, 0.29) is 12.1 Å². The molecule has 0 saturated heterocycles. The number of nitrogens with zero attached hydrogens (tertiary/aromatic N) is 2. The van der Waals surface area contributed by atoms with Crippen molar-refractivity contribution in [2.75, 3.05) is 6.54 Å². The maximum atomic E-state index is 12.6. The molecule has 0 radical (unpaired) electrons. The molecule has 28 heavy (non-hydrogen) atoms. The van der Waals surface area contributed by atoms with Gasteiger partial charge in [0, 0.05) is 23.7 Å². The lowest BCUT2D eigenvalue weighted by atomic mass is 9.90. The van der Waals surface area contributed by atoms with E-state index in [0.29, 0.717) is 11.6 Å². The van der Waals surface area contributed by atoms with Crippen molar-refractivity contribution in [3.63, 3.8) is 0 Å². The largest absolute Gasteiger partial charge is 0.444 e. The number of benzene rings is 1. The Balaban J connectivity index is 1.66. The molecule has 0 aliphatic rings. The molecule has 0 aliphatic heterocycles. The van der Waals surface area contributed by atoms with Crippen molar-refractivity contribution in [1.82, 2.24) is 15.3 Å². The Hall–Kier alpha value is -3.16. The Bertz CT molecular complexity index is 949. The molecule has 1 N–H and O–H groups in total. The van der Waals surface area contributed by atoms with Gasteiger partial charge in [-0.05, 0) is 24.3 Å². The highest BCUT2D eigenvalue weighted by atomic mass is 19.4. The maximum absolute atomic E-state index is 12.6. The van der Waals surface area contributed by atoms with Crippen LogP contribution in [0.25, 0.3) is 11.5 Å². The first kappa shape index (κ1) is 19.6. The summed E-state index contributed by atoms with van der Waals surface area (Å²) in [5, 5.41) is 2.70. The molecule has 1 aromatic carbocycles. The van der Waals surface area contributed by atoms with Crippen LogP contribution in [0.15, 0.2) is 59.3 Å². The molecule has 5 nitrogen and oxygen atoms in total. The summed E-state index contributed by atoms with van der Waals surface area (Å²) < 4.78 is 43.2. The second-order valence-electron chi connectivity index (χ2n) is 6.90. The standard InChI is InChI=1S/C20H18F3N3O2/c1-19(2,16-11-28-18(26-16)13-6-4-3-5-7-13)12-25-17(27)14-8-9-15(24-10-14)20(21,22)23/h3-11H,12H2,1-2H3,(H,25,27). The molecule has 0 saturated carbocycles. The summed E-state index contributed by atoms with van der Waals surface area (Å²) in [4.78, 5) is 20.0. The van der Waals surface area contributed by atoms with Gasteiger partial charge in [0.25, 0.3) is 5.91 Å². The molecule has 2 aromatic heterocycles. The summed E-state index contributed by atoms with van der Waals surface area (Å²) in [6, 6.07) is 11.3. The fourth-order valence-corrected chi connectivity index (χ4v) is 2.49. The summed E-state index contributed by atoms with van der Waals surface area (Å²) in [7, 11) is 0. The lowest BCUT2D eigenvalue weighted by Crippen LogP contribution is -2.37. The first-order chi connectivity index (χ1) is 13.2. The summed E-state index contributed by atoms with van der Waals surface area (Å²) in [5.74, 6) is -0.0389. The number of alkyl halides is 3. The number of pyridine rings is 1. The molecule has 0 aliphatic carbocycles. The van der Waals surface area contributed by atoms with Gasteiger partial charge < -0.3 is 9.73 Å². The van der Waals surface area contributed by atoms with Gasteiger partial charge in [0.1, 0.15) is 12.0 Å². The second-order valence-corrected chi connectivity index (χ2v) is 6.90. The van der Waals surface area contributed by atoms with Gasteiger partial charge in [-0.25, -0.2) is 4.98 Å². The molecule has 0 atom stereocenters. The smallest absolute Gasteiger partial charge is 0.433 e. The van der Waals surface area contributed by atoms with E-state index in [1.54, 1.807) is 0 Å². The zero-order valence-corrected chi connectivity index (χ0v) is 15.2. The van der Waals surface area contributed by atoms with Crippen molar-refractivity contribution in [1.29, 1.82) is 0 Å². The molecule has 146 valence electrons. The van der Waals surface area contributed by atoms with Crippen molar-refractivity contribution in [3.8, 4) is 11.5 Å². The average molecular weight is 389 g/mol. The van der Waals surface area contributed by atoms with Crippen molar-refractivity contribution < 1.29 is 22.4 Å². The van der Waals surface area contributed by atoms with Gasteiger partial charge in [-0.3, -0.25) is 9.78 Å². The van der Waals surface area contributed by atoms with E-state index in [9.17, 15) is 18.0 Å². The normalized spacial score (nSPS) is 12.0. The third-order valence-electron chi connectivity index (χ3n) is 4.23. The third kappa shape index (κ3) is 4.39. The van der Waals surface area contributed by atoms with Gasteiger partial charge in [-0.2, -0.15) is 13.2 Å².